The Balaban J connectivity index is 0. The minimum absolute atomic E-state index is 0. The van der Waals surface area contributed by atoms with Crippen LogP contribution in [0.5, 0.6) is 0 Å². The van der Waals surface area contributed by atoms with E-state index in [2.05, 4.69) is 0 Å². The van der Waals surface area contributed by atoms with Gasteiger partial charge in [0.25, 0.3) is 0 Å². The van der Waals surface area contributed by atoms with Crippen molar-refractivity contribution in [2.24, 2.45) is 0 Å². The first-order valence-corrected chi connectivity index (χ1v) is 0. The molecule has 7 heavy (non-hydrogen) atoms. The fourth-order valence-corrected chi connectivity index (χ4v) is 0. The standard InChI is InChI=1S/2Al.Mg.4H2O/h;;;4*1H2. The van der Waals surface area contributed by atoms with Gasteiger partial charge in [0.2, 0.25) is 0 Å². The molecule has 0 fully saturated rings. The zero-order chi connectivity index (χ0) is 0. The van der Waals surface area contributed by atoms with Crippen LogP contribution in [0.15, 0.2) is 0 Å². The highest BCUT2D eigenvalue weighted by molar-refractivity contribution is 5.76. The van der Waals surface area contributed by atoms with Crippen LogP contribution < -0.4 is 0 Å². The summed E-state index contributed by atoms with van der Waals surface area (Å²) in [5.41, 5.74) is 0. The number of rotatable bonds is 0. The van der Waals surface area contributed by atoms with Gasteiger partial charge in [-0.3, -0.25) is 0 Å². The van der Waals surface area contributed by atoms with E-state index in [0.29, 0.717) is 0 Å². The highest BCUT2D eigenvalue weighted by atomic mass is 27.0. The van der Waals surface area contributed by atoms with Crippen LogP contribution in [0.2, 0.25) is 0 Å². The fourth-order valence-electron chi connectivity index (χ4n) is 0. The lowest BCUT2D eigenvalue weighted by atomic mass is 16.0. The third kappa shape index (κ3) is 88.3. The van der Waals surface area contributed by atoms with Crippen molar-refractivity contribution in [2.45, 2.75) is 0 Å². The van der Waals surface area contributed by atoms with Crippen LogP contribution in [-0.2, 0) is 0 Å². The fraction of sp³-hybridized carbons (Fsp3) is 0. The molecular formula is H8Al2MgO4. The maximum Gasteiger partial charge on any atom is 0 e. The van der Waals surface area contributed by atoms with E-state index in [1.165, 1.54) is 0 Å². The van der Waals surface area contributed by atoms with Crippen molar-refractivity contribution >= 4 is 57.8 Å². The van der Waals surface area contributed by atoms with Gasteiger partial charge in [-0.05, 0) is 0 Å². The highest BCUT2D eigenvalue weighted by Gasteiger charge is 0.00203. The van der Waals surface area contributed by atoms with Crippen molar-refractivity contribution in [3.63, 3.8) is 0 Å². The van der Waals surface area contributed by atoms with Crippen molar-refractivity contribution in [1.29, 1.82) is 0 Å². The van der Waals surface area contributed by atoms with Gasteiger partial charge < -0.3 is 21.9 Å². The Morgan fingerprint density at radius 2 is 0.429 bits per heavy atom. The van der Waals surface area contributed by atoms with Crippen molar-refractivity contribution in [1.82, 2.24) is 0 Å². The molecule has 0 unspecified atom stereocenters. The smallest absolute Gasteiger partial charge is 0 e. The molecule has 8 N–H and O–H groups in total. The third-order valence-electron chi connectivity index (χ3n) is 0. The largest absolute Gasteiger partial charge is 0.412 e. The molecule has 0 rings (SSSR count). The van der Waals surface area contributed by atoms with Gasteiger partial charge in [-0.15, -0.1) is 0 Å². The predicted octanol–water partition coefficient (Wildman–Crippen LogP) is -4.44. The summed E-state index contributed by atoms with van der Waals surface area (Å²) in [4.78, 5) is 0. The second-order valence-corrected chi connectivity index (χ2v) is 0. The average Bonchev–Trinajstić information content (AvgIpc) is 0. The van der Waals surface area contributed by atoms with E-state index in [0.717, 1.165) is 0 Å². The Bertz CT molecular complexity index is 9.65. The number of hydrogen-bond donors (Lipinski definition) is 0. The van der Waals surface area contributed by atoms with Gasteiger partial charge in [-0.1, -0.05) is 0 Å². The van der Waals surface area contributed by atoms with E-state index in [-0.39, 0.29) is 79.7 Å². The first kappa shape index (κ1) is 183. The van der Waals surface area contributed by atoms with Gasteiger partial charge in [0.05, 0.1) is 0 Å². The molecule has 0 saturated carbocycles. The highest BCUT2D eigenvalue weighted by Crippen LogP contribution is -0.286. The van der Waals surface area contributed by atoms with Crippen LogP contribution >= 0.6 is 0 Å². The van der Waals surface area contributed by atoms with Crippen LogP contribution in [0.3, 0.4) is 0 Å². The molecule has 0 aromatic rings. The molecule has 40 valence electrons. The van der Waals surface area contributed by atoms with Crippen molar-refractivity contribution in [2.75, 3.05) is 0 Å². The topological polar surface area (TPSA) is 126 Å². The third-order valence-corrected chi connectivity index (χ3v) is 0. The molecule has 0 spiro atoms. The van der Waals surface area contributed by atoms with Crippen molar-refractivity contribution in [3.05, 3.63) is 0 Å². The predicted molar refractivity (Wildman–Crippen MR) is 31.7 cm³/mol. The molecule has 0 aliphatic carbocycles. The van der Waals surface area contributed by atoms with E-state index in [4.69, 9.17) is 0 Å². The minimum atomic E-state index is 0. The molecule has 0 aromatic carbocycles. The van der Waals surface area contributed by atoms with E-state index in [1.54, 1.807) is 0 Å². The molecule has 0 saturated heterocycles. The molecule has 0 aromatic heterocycles. The molecule has 4 nitrogen and oxygen atoms in total. The van der Waals surface area contributed by atoms with E-state index in [9.17, 15) is 0 Å². The van der Waals surface area contributed by atoms with Crippen LogP contribution in [0, 0.1) is 0 Å². The van der Waals surface area contributed by atoms with Crippen LogP contribution in [0.4, 0.5) is 0 Å². The molecule has 0 amide bonds. The summed E-state index contributed by atoms with van der Waals surface area (Å²) in [6, 6.07) is 0. The van der Waals surface area contributed by atoms with Crippen LogP contribution in [-0.4, -0.2) is 79.7 Å². The maximum atomic E-state index is 0. The molecule has 0 heterocycles. The molecule has 8 radical (unpaired) electrons. The average molecular weight is 150 g/mol. The Morgan fingerprint density at radius 3 is 0.429 bits per heavy atom. The van der Waals surface area contributed by atoms with Gasteiger partial charge in [-0.25, -0.2) is 0 Å². The zero-order valence-electron chi connectivity index (χ0n) is 3.86. The van der Waals surface area contributed by atoms with Gasteiger partial charge in [0.15, 0.2) is 0 Å². The molecule has 0 bridgehead atoms. The molecule has 0 aliphatic rings. The second kappa shape index (κ2) is 122. The maximum absolute atomic E-state index is 0. The Labute approximate surface area is 79.3 Å². The zero-order valence-corrected chi connectivity index (χ0v) is 7.59. The van der Waals surface area contributed by atoms with Crippen molar-refractivity contribution < 1.29 is 21.9 Å². The monoisotopic (exact) mass is 150 g/mol. The van der Waals surface area contributed by atoms with E-state index in [1.807, 2.05) is 0 Å². The molecular weight excluding hydrogens is 142 g/mol. The first-order chi connectivity index (χ1) is 0. The Morgan fingerprint density at radius 1 is 0.429 bits per heavy atom. The Hall–Kier alpha value is 1.67. The quantitative estimate of drug-likeness (QED) is 0.309. The van der Waals surface area contributed by atoms with E-state index < -0.39 is 0 Å². The first-order valence-electron chi connectivity index (χ1n) is 0. The molecule has 0 aliphatic heterocycles. The van der Waals surface area contributed by atoms with Crippen molar-refractivity contribution in [3.8, 4) is 0 Å². The van der Waals surface area contributed by atoms with Gasteiger partial charge in [0, 0.05) is 57.8 Å². The van der Waals surface area contributed by atoms with Gasteiger partial charge in [0.1, 0.15) is 0 Å². The normalized spacial score (nSPS) is 0. The second-order valence-electron chi connectivity index (χ2n) is 0. The number of hydrogen-bond acceptors (Lipinski definition) is 0. The minimum Gasteiger partial charge on any atom is -0.412 e. The lowest BCUT2D eigenvalue weighted by Crippen LogP contribution is -0.382. The summed E-state index contributed by atoms with van der Waals surface area (Å²) in [7, 11) is 0. The lowest BCUT2D eigenvalue weighted by molar-refractivity contribution is 0.823. The van der Waals surface area contributed by atoms with E-state index >= 15 is 0 Å². The van der Waals surface area contributed by atoms with Gasteiger partial charge in [-0.2, -0.15) is 0 Å². The summed E-state index contributed by atoms with van der Waals surface area (Å²) < 4.78 is 0. The summed E-state index contributed by atoms with van der Waals surface area (Å²) in [5.74, 6) is 0. The summed E-state index contributed by atoms with van der Waals surface area (Å²) in [5, 5.41) is 0. The van der Waals surface area contributed by atoms with Gasteiger partial charge >= 0.3 is 0 Å². The molecule has 7 heteroatoms. The summed E-state index contributed by atoms with van der Waals surface area (Å²) in [6.07, 6.45) is 0. The summed E-state index contributed by atoms with van der Waals surface area (Å²) >= 11 is 0. The van der Waals surface area contributed by atoms with Crippen LogP contribution in [0.1, 0.15) is 0 Å². The summed E-state index contributed by atoms with van der Waals surface area (Å²) in [6.45, 7) is 0. The molecule has 0 atom stereocenters. The Kier molecular flexibility index (Phi) is 3190. The SMILES string of the molecule is O.O.O.O.[Al].[Al].[Mg]. The van der Waals surface area contributed by atoms with Crippen LogP contribution in [0.25, 0.3) is 0 Å². The lowest BCUT2D eigenvalue weighted by Gasteiger charge is -0.413.